The van der Waals surface area contributed by atoms with Crippen molar-refractivity contribution in [2.75, 3.05) is 20.6 Å². The van der Waals surface area contributed by atoms with E-state index >= 15 is 0 Å². The van der Waals surface area contributed by atoms with Gasteiger partial charge in [0, 0.05) is 0 Å². The molecule has 2 aromatic carbocycles. The Morgan fingerprint density at radius 1 is 0.947 bits per heavy atom. The summed E-state index contributed by atoms with van der Waals surface area (Å²) in [6, 6.07) is 15.3. The van der Waals surface area contributed by atoms with Gasteiger partial charge in [0.25, 0.3) is 0 Å². The summed E-state index contributed by atoms with van der Waals surface area (Å²) >= 11 is 0. The number of benzene rings is 2. The molecule has 100 valence electrons. The van der Waals surface area contributed by atoms with Crippen LogP contribution >= 0.6 is 0 Å². The predicted octanol–water partition coefficient (Wildman–Crippen LogP) is 3.99. The van der Waals surface area contributed by atoms with E-state index in [1.807, 2.05) is 30.3 Å². The van der Waals surface area contributed by atoms with E-state index in [9.17, 15) is 4.39 Å². The molecule has 0 N–H and O–H groups in total. The molecule has 0 aliphatic rings. The van der Waals surface area contributed by atoms with Crippen molar-refractivity contribution >= 4 is 0 Å². The smallest absolute Gasteiger partial charge is 0.124 e. The maximum atomic E-state index is 13.7. The van der Waals surface area contributed by atoms with Crippen LogP contribution in [-0.4, -0.2) is 25.5 Å². The molecule has 0 bridgehead atoms. The van der Waals surface area contributed by atoms with Crippen molar-refractivity contribution in [1.29, 1.82) is 0 Å². The molecule has 1 nitrogen and oxygen atoms in total. The first-order valence-electron chi connectivity index (χ1n) is 6.65. The highest BCUT2D eigenvalue weighted by Crippen LogP contribution is 2.22. The van der Waals surface area contributed by atoms with Crippen LogP contribution in [-0.2, 0) is 6.42 Å². The summed E-state index contributed by atoms with van der Waals surface area (Å²) in [5.41, 5.74) is 3.09. The van der Waals surface area contributed by atoms with Gasteiger partial charge in [-0.15, -0.1) is 0 Å². The molecule has 2 heteroatoms. The lowest BCUT2D eigenvalue weighted by Crippen LogP contribution is -2.13. The van der Waals surface area contributed by atoms with Crippen LogP contribution in [0.2, 0.25) is 0 Å². The van der Waals surface area contributed by atoms with Gasteiger partial charge in [0.1, 0.15) is 5.82 Å². The maximum Gasteiger partial charge on any atom is 0.124 e. The molecule has 0 aliphatic carbocycles. The van der Waals surface area contributed by atoms with E-state index < -0.39 is 0 Å². The number of rotatable bonds is 5. The molecule has 0 unspecified atom stereocenters. The summed E-state index contributed by atoms with van der Waals surface area (Å²) in [6.45, 7) is 1.02. The number of hydrogen-bond donors (Lipinski definition) is 0. The minimum Gasteiger partial charge on any atom is -0.309 e. The molecular weight excluding hydrogens is 237 g/mol. The van der Waals surface area contributed by atoms with Gasteiger partial charge >= 0.3 is 0 Å². The molecule has 0 aliphatic heterocycles. The highest BCUT2D eigenvalue weighted by molar-refractivity contribution is 5.64. The topological polar surface area (TPSA) is 3.24 Å². The summed E-state index contributed by atoms with van der Waals surface area (Å²) in [5, 5.41) is 0. The lowest BCUT2D eigenvalue weighted by atomic mass is 10.0. The van der Waals surface area contributed by atoms with Gasteiger partial charge in [-0.2, -0.15) is 0 Å². The predicted molar refractivity (Wildman–Crippen MR) is 78.7 cm³/mol. The molecule has 0 saturated heterocycles. The van der Waals surface area contributed by atoms with Crippen molar-refractivity contribution in [3.63, 3.8) is 0 Å². The summed E-state index contributed by atoms with van der Waals surface area (Å²) in [7, 11) is 4.11. The molecule has 2 rings (SSSR count). The van der Waals surface area contributed by atoms with Crippen molar-refractivity contribution in [3.8, 4) is 11.1 Å². The third-order valence-electron chi connectivity index (χ3n) is 3.14. The Hall–Kier alpha value is -1.67. The molecule has 0 spiro atoms. The van der Waals surface area contributed by atoms with Gasteiger partial charge in [0.05, 0.1) is 0 Å². The van der Waals surface area contributed by atoms with Crippen LogP contribution in [0.25, 0.3) is 11.1 Å². The van der Waals surface area contributed by atoms with Crippen LogP contribution in [0.3, 0.4) is 0 Å². The fourth-order valence-corrected chi connectivity index (χ4v) is 2.19. The van der Waals surface area contributed by atoms with Gasteiger partial charge in [0.15, 0.2) is 0 Å². The van der Waals surface area contributed by atoms with E-state index in [-0.39, 0.29) is 5.82 Å². The highest BCUT2D eigenvalue weighted by Gasteiger charge is 2.03. The van der Waals surface area contributed by atoms with E-state index in [1.54, 1.807) is 12.1 Å². The highest BCUT2D eigenvalue weighted by atomic mass is 19.1. The second-order valence-corrected chi connectivity index (χ2v) is 5.12. The molecular formula is C17H20FN. The van der Waals surface area contributed by atoms with Gasteiger partial charge in [-0.3, -0.25) is 0 Å². The second kappa shape index (κ2) is 6.48. The van der Waals surface area contributed by atoms with Crippen LogP contribution in [0.1, 0.15) is 12.0 Å². The molecule has 0 heterocycles. The lowest BCUT2D eigenvalue weighted by Gasteiger charge is -2.10. The minimum absolute atomic E-state index is 0.152. The van der Waals surface area contributed by atoms with E-state index in [0.29, 0.717) is 0 Å². The maximum absolute atomic E-state index is 13.7. The number of aryl methyl sites for hydroxylation is 1. The Balaban J connectivity index is 2.16. The Kier molecular flexibility index (Phi) is 4.69. The lowest BCUT2D eigenvalue weighted by molar-refractivity contribution is 0.400. The van der Waals surface area contributed by atoms with Crippen LogP contribution in [0.5, 0.6) is 0 Å². The van der Waals surface area contributed by atoms with Gasteiger partial charge in [-0.05, 0) is 62.3 Å². The molecule has 0 aromatic heterocycles. The van der Waals surface area contributed by atoms with E-state index in [1.165, 1.54) is 0 Å². The van der Waals surface area contributed by atoms with E-state index in [4.69, 9.17) is 0 Å². The van der Waals surface area contributed by atoms with Crippen molar-refractivity contribution in [2.24, 2.45) is 0 Å². The molecule has 2 aromatic rings. The van der Waals surface area contributed by atoms with Crippen LogP contribution < -0.4 is 0 Å². The summed E-state index contributed by atoms with van der Waals surface area (Å²) < 4.78 is 13.7. The fraction of sp³-hybridized carbons (Fsp3) is 0.294. The van der Waals surface area contributed by atoms with Gasteiger partial charge in [-0.25, -0.2) is 4.39 Å². The number of nitrogens with zero attached hydrogens (tertiary/aromatic N) is 1. The molecule has 0 radical (unpaired) electrons. The first-order valence-corrected chi connectivity index (χ1v) is 6.65. The van der Waals surface area contributed by atoms with Crippen molar-refractivity contribution in [1.82, 2.24) is 4.90 Å². The zero-order valence-corrected chi connectivity index (χ0v) is 11.6. The third-order valence-corrected chi connectivity index (χ3v) is 3.14. The molecule has 0 amide bonds. The van der Waals surface area contributed by atoms with Crippen LogP contribution in [0.15, 0.2) is 48.5 Å². The first kappa shape index (κ1) is 13.8. The quantitative estimate of drug-likeness (QED) is 0.783. The van der Waals surface area contributed by atoms with Crippen molar-refractivity contribution < 1.29 is 4.39 Å². The molecule has 0 atom stereocenters. The normalized spacial score (nSPS) is 10.9. The second-order valence-electron chi connectivity index (χ2n) is 5.12. The molecule has 0 fully saturated rings. The molecule has 19 heavy (non-hydrogen) atoms. The van der Waals surface area contributed by atoms with Crippen molar-refractivity contribution in [2.45, 2.75) is 12.8 Å². The number of hydrogen-bond acceptors (Lipinski definition) is 1. The van der Waals surface area contributed by atoms with E-state index in [0.717, 1.165) is 36.1 Å². The zero-order valence-electron chi connectivity index (χ0n) is 11.6. The Labute approximate surface area is 114 Å². The monoisotopic (exact) mass is 257 g/mol. The largest absolute Gasteiger partial charge is 0.309 e. The molecule has 0 saturated carbocycles. The fourth-order valence-electron chi connectivity index (χ4n) is 2.19. The number of halogens is 1. The average molecular weight is 257 g/mol. The first-order chi connectivity index (χ1) is 9.15. The Bertz CT molecular complexity index is 520. The summed E-state index contributed by atoms with van der Waals surface area (Å²) in [4.78, 5) is 2.15. The Morgan fingerprint density at radius 3 is 2.37 bits per heavy atom. The van der Waals surface area contributed by atoms with Crippen LogP contribution in [0, 0.1) is 5.82 Å². The van der Waals surface area contributed by atoms with Gasteiger partial charge in [-0.1, -0.05) is 36.4 Å². The van der Waals surface area contributed by atoms with Gasteiger partial charge in [0.2, 0.25) is 0 Å². The van der Waals surface area contributed by atoms with E-state index in [2.05, 4.69) is 25.1 Å². The van der Waals surface area contributed by atoms with Crippen molar-refractivity contribution in [3.05, 3.63) is 59.9 Å². The summed E-state index contributed by atoms with van der Waals surface area (Å²) in [5.74, 6) is -0.152. The average Bonchev–Trinajstić information content (AvgIpc) is 2.39. The SMILES string of the molecule is CN(C)CCCc1cc(F)cc(-c2ccccc2)c1. The minimum atomic E-state index is -0.152. The Morgan fingerprint density at radius 2 is 1.68 bits per heavy atom. The standard InChI is InChI=1S/C17H20FN/c1-19(2)10-6-7-14-11-16(13-17(18)12-14)15-8-4-3-5-9-15/h3-5,8-9,11-13H,6-7,10H2,1-2H3. The zero-order chi connectivity index (χ0) is 13.7. The van der Waals surface area contributed by atoms with Gasteiger partial charge < -0.3 is 4.90 Å². The summed E-state index contributed by atoms with van der Waals surface area (Å²) in [6.07, 6.45) is 1.96. The third kappa shape index (κ3) is 4.18. The van der Waals surface area contributed by atoms with Crippen LogP contribution in [0.4, 0.5) is 4.39 Å².